The van der Waals surface area contributed by atoms with Crippen LogP contribution in [0.4, 0.5) is 13.9 Å². The van der Waals surface area contributed by atoms with Crippen LogP contribution in [-0.4, -0.2) is 68.8 Å². The maximum absolute atomic E-state index is 14.3. The minimum atomic E-state index is -3.67. The van der Waals surface area contributed by atoms with Gasteiger partial charge in [-0.05, 0) is 70.2 Å². The van der Waals surface area contributed by atoms with Crippen molar-refractivity contribution in [3.05, 3.63) is 53.6 Å². The van der Waals surface area contributed by atoms with Gasteiger partial charge in [0.05, 0.1) is 9.60 Å². The lowest BCUT2D eigenvalue weighted by atomic mass is 10.2. The number of carbonyl (C=O) groups excluding carboxylic acids is 1. The van der Waals surface area contributed by atoms with Crippen LogP contribution in [0.2, 0.25) is 0 Å². The Bertz CT molecular complexity index is 1300. The minimum Gasteiger partial charge on any atom is -0.309 e. The second kappa shape index (κ2) is 13.6. The van der Waals surface area contributed by atoms with E-state index in [0.29, 0.717) is 50.1 Å². The quantitative estimate of drug-likeness (QED) is 0.289. The van der Waals surface area contributed by atoms with Crippen molar-refractivity contribution in [1.29, 1.82) is 0 Å². The van der Waals surface area contributed by atoms with E-state index in [-0.39, 0.29) is 33.5 Å². The molecule has 7 nitrogen and oxygen atoms in total. The molecule has 1 amide bonds. The van der Waals surface area contributed by atoms with Gasteiger partial charge in [0.1, 0.15) is 11.3 Å². The highest BCUT2D eigenvalue weighted by Crippen LogP contribution is 2.32. The Morgan fingerprint density at radius 2 is 1.59 bits per heavy atom. The van der Waals surface area contributed by atoms with Crippen LogP contribution in [-0.2, 0) is 10.0 Å². The highest BCUT2D eigenvalue weighted by atomic mass is 35.5. The molecular formula is C25H33ClF2N4O3S2. The fourth-order valence-corrected chi connectivity index (χ4v) is 6.47. The molecule has 12 heteroatoms. The van der Waals surface area contributed by atoms with Crippen molar-refractivity contribution in [2.45, 2.75) is 38.0 Å². The van der Waals surface area contributed by atoms with Gasteiger partial charge in [-0.1, -0.05) is 25.2 Å². The van der Waals surface area contributed by atoms with Crippen LogP contribution in [0.5, 0.6) is 0 Å². The van der Waals surface area contributed by atoms with E-state index in [1.165, 1.54) is 39.5 Å². The van der Waals surface area contributed by atoms with Crippen molar-refractivity contribution in [2.24, 2.45) is 0 Å². The molecule has 0 aliphatic rings. The van der Waals surface area contributed by atoms with E-state index in [4.69, 9.17) is 0 Å². The van der Waals surface area contributed by atoms with E-state index in [2.05, 4.69) is 4.98 Å². The molecule has 0 radical (unpaired) electrons. The van der Waals surface area contributed by atoms with Gasteiger partial charge >= 0.3 is 0 Å². The number of sulfonamides is 1. The third-order valence-corrected chi connectivity index (χ3v) is 8.49. The van der Waals surface area contributed by atoms with Crippen molar-refractivity contribution >= 4 is 55.0 Å². The molecule has 1 heterocycles. The molecule has 0 aliphatic carbocycles. The Morgan fingerprint density at radius 1 is 0.973 bits per heavy atom. The van der Waals surface area contributed by atoms with Crippen molar-refractivity contribution < 1.29 is 22.0 Å². The van der Waals surface area contributed by atoms with Gasteiger partial charge in [0, 0.05) is 31.3 Å². The van der Waals surface area contributed by atoms with Crippen LogP contribution in [0, 0.1) is 11.6 Å². The first kappa shape index (κ1) is 31.0. The Hall–Kier alpha value is -2.18. The summed E-state index contributed by atoms with van der Waals surface area (Å²) in [5, 5.41) is 0.257. The summed E-state index contributed by atoms with van der Waals surface area (Å²) in [4.78, 5) is 21.3. The van der Waals surface area contributed by atoms with Gasteiger partial charge in [-0.15, -0.1) is 12.4 Å². The smallest absolute Gasteiger partial charge is 0.260 e. The van der Waals surface area contributed by atoms with E-state index < -0.39 is 27.6 Å². The molecule has 0 spiro atoms. The van der Waals surface area contributed by atoms with Gasteiger partial charge in [0.2, 0.25) is 10.0 Å². The molecule has 204 valence electrons. The number of hydrogen-bond donors (Lipinski definition) is 0. The summed E-state index contributed by atoms with van der Waals surface area (Å²) in [5.74, 6) is -1.89. The summed E-state index contributed by atoms with van der Waals surface area (Å²) >= 11 is 1.04. The molecular weight excluding hydrogens is 542 g/mol. The van der Waals surface area contributed by atoms with Crippen LogP contribution in [0.1, 0.15) is 43.5 Å². The van der Waals surface area contributed by atoms with Gasteiger partial charge in [0.25, 0.3) is 5.91 Å². The van der Waals surface area contributed by atoms with Crippen LogP contribution < -0.4 is 4.90 Å². The molecule has 3 rings (SSSR count). The largest absolute Gasteiger partial charge is 0.309 e. The highest BCUT2D eigenvalue weighted by molar-refractivity contribution is 7.89. The lowest BCUT2D eigenvalue weighted by Crippen LogP contribution is -2.34. The van der Waals surface area contributed by atoms with E-state index in [1.807, 2.05) is 32.8 Å². The summed E-state index contributed by atoms with van der Waals surface area (Å²) in [6.45, 7) is 5.71. The molecule has 0 aliphatic heterocycles. The highest BCUT2D eigenvalue weighted by Gasteiger charge is 2.26. The average molecular weight is 575 g/mol. The Balaban J connectivity index is 0.00000481. The maximum Gasteiger partial charge on any atom is 0.260 e. The minimum absolute atomic E-state index is 0. The van der Waals surface area contributed by atoms with E-state index >= 15 is 0 Å². The summed E-state index contributed by atoms with van der Waals surface area (Å²) in [7, 11) is 0.162. The second-order valence-corrected chi connectivity index (χ2v) is 11.7. The first-order valence-electron chi connectivity index (χ1n) is 11.9. The fourth-order valence-electron chi connectivity index (χ4n) is 3.82. The molecule has 37 heavy (non-hydrogen) atoms. The SMILES string of the molecule is CCCN(CCC)S(=O)(=O)c1ccc(C(=O)N(CCCN(C)C)c2nc3c(F)cc(F)cc3s2)cc1.Cl. The molecule has 0 fully saturated rings. The summed E-state index contributed by atoms with van der Waals surface area (Å²) in [6, 6.07) is 7.80. The molecule has 2 aromatic carbocycles. The van der Waals surface area contributed by atoms with E-state index in [1.54, 1.807) is 0 Å². The molecule has 0 saturated heterocycles. The lowest BCUT2D eigenvalue weighted by molar-refractivity contribution is 0.0986. The lowest BCUT2D eigenvalue weighted by Gasteiger charge is -2.22. The molecule has 0 N–H and O–H groups in total. The normalized spacial score (nSPS) is 11.8. The number of halogens is 3. The summed E-state index contributed by atoms with van der Waals surface area (Å²) < 4.78 is 55.9. The zero-order valence-corrected chi connectivity index (χ0v) is 23.9. The fraction of sp³-hybridized carbons (Fsp3) is 0.440. The number of anilines is 1. The number of amides is 1. The molecule has 0 atom stereocenters. The Kier molecular flexibility index (Phi) is 11.4. The standard InChI is InChI=1S/C25H32F2N4O3S2.ClH/c1-5-12-30(13-6-2)36(33,34)20-10-8-18(9-11-20)24(32)31(15-7-14-29(3)4)25-28-23-21(27)16-19(26)17-22(23)35-25;/h8-11,16-17H,5-7,12-15H2,1-4H3;1H. The van der Waals surface area contributed by atoms with Crippen molar-refractivity contribution in [2.75, 3.05) is 45.2 Å². The third kappa shape index (κ3) is 7.44. The van der Waals surface area contributed by atoms with Crippen molar-refractivity contribution in [3.63, 3.8) is 0 Å². The summed E-state index contributed by atoms with van der Waals surface area (Å²) in [5.41, 5.74) is 0.289. The predicted octanol–water partition coefficient (Wildman–Crippen LogP) is 5.41. The molecule has 0 unspecified atom stereocenters. The Morgan fingerprint density at radius 3 is 2.16 bits per heavy atom. The molecule has 0 bridgehead atoms. The first-order valence-corrected chi connectivity index (χ1v) is 14.2. The number of benzene rings is 2. The number of fused-ring (bicyclic) bond motifs is 1. The molecule has 0 saturated carbocycles. The van der Waals surface area contributed by atoms with Gasteiger partial charge in [0.15, 0.2) is 10.9 Å². The molecule has 1 aromatic heterocycles. The van der Waals surface area contributed by atoms with Crippen molar-refractivity contribution in [3.8, 4) is 0 Å². The zero-order valence-electron chi connectivity index (χ0n) is 21.4. The van der Waals surface area contributed by atoms with Gasteiger partial charge in [-0.25, -0.2) is 22.2 Å². The number of rotatable bonds is 12. The maximum atomic E-state index is 14.3. The number of carbonyl (C=O) groups is 1. The van der Waals surface area contributed by atoms with Crippen LogP contribution in [0.3, 0.4) is 0 Å². The van der Waals surface area contributed by atoms with Crippen molar-refractivity contribution in [1.82, 2.24) is 14.2 Å². The number of nitrogens with zero attached hydrogens (tertiary/aromatic N) is 4. The first-order chi connectivity index (χ1) is 17.1. The third-order valence-electron chi connectivity index (χ3n) is 5.55. The van der Waals surface area contributed by atoms with E-state index in [0.717, 1.165) is 17.4 Å². The monoisotopic (exact) mass is 574 g/mol. The van der Waals surface area contributed by atoms with Crippen LogP contribution in [0.25, 0.3) is 10.2 Å². The number of thiazole rings is 1. The number of aromatic nitrogens is 1. The zero-order chi connectivity index (χ0) is 26.5. The van der Waals surface area contributed by atoms with Crippen LogP contribution >= 0.6 is 23.7 Å². The van der Waals surface area contributed by atoms with Gasteiger partial charge in [-0.2, -0.15) is 4.31 Å². The average Bonchev–Trinajstić information content (AvgIpc) is 3.25. The second-order valence-electron chi connectivity index (χ2n) is 8.77. The van der Waals surface area contributed by atoms with Gasteiger partial charge in [-0.3, -0.25) is 9.69 Å². The van der Waals surface area contributed by atoms with Crippen LogP contribution in [0.15, 0.2) is 41.3 Å². The predicted molar refractivity (Wildman–Crippen MR) is 147 cm³/mol. The van der Waals surface area contributed by atoms with Gasteiger partial charge < -0.3 is 4.90 Å². The molecule has 3 aromatic rings. The number of hydrogen-bond acceptors (Lipinski definition) is 6. The Labute approximate surface area is 227 Å². The topological polar surface area (TPSA) is 73.8 Å². The van der Waals surface area contributed by atoms with E-state index in [9.17, 15) is 22.0 Å². The summed E-state index contributed by atoms with van der Waals surface area (Å²) in [6.07, 6.45) is 2.02.